The minimum atomic E-state index is -2.90. The molecule has 152 valence electrons. The zero-order chi connectivity index (χ0) is 20.4. The van der Waals surface area contributed by atoms with Crippen LogP contribution in [0, 0.1) is 0 Å². The van der Waals surface area contributed by atoms with Gasteiger partial charge in [-0.3, -0.25) is 4.79 Å². The molecule has 0 aliphatic heterocycles. The SMILES string of the molecule is COc1cc(C[NH+](Cc2nc3ccccc3c(=O)[nH]2)C2CC2)ccc1OC(F)F. The van der Waals surface area contributed by atoms with Gasteiger partial charge < -0.3 is 19.4 Å². The number of halogens is 2. The van der Waals surface area contributed by atoms with Gasteiger partial charge in [-0.2, -0.15) is 8.78 Å². The summed E-state index contributed by atoms with van der Waals surface area (Å²) in [5.41, 5.74) is 1.47. The highest BCUT2D eigenvalue weighted by Crippen LogP contribution is 2.29. The molecule has 1 aromatic heterocycles. The van der Waals surface area contributed by atoms with Crippen molar-refractivity contribution in [1.82, 2.24) is 9.97 Å². The van der Waals surface area contributed by atoms with E-state index >= 15 is 0 Å². The number of quaternary nitrogens is 1. The Balaban J connectivity index is 1.56. The Hall–Kier alpha value is -3.00. The molecule has 2 N–H and O–H groups in total. The van der Waals surface area contributed by atoms with Gasteiger partial charge >= 0.3 is 6.61 Å². The number of fused-ring (bicyclic) bond motifs is 1. The van der Waals surface area contributed by atoms with E-state index in [2.05, 4.69) is 14.7 Å². The van der Waals surface area contributed by atoms with Gasteiger partial charge in [0.15, 0.2) is 17.3 Å². The van der Waals surface area contributed by atoms with Crippen molar-refractivity contribution < 1.29 is 23.2 Å². The number of ether oxygens (including phenoxy) is 2. The monoisotopic (exact) mass is 402 g/mol. The highest BCUT2D eigenvalue weighted by molar-refractivity contribution is 5.77. The van der Waals surface area contributed by atoms with Crippen molar-refractivity contribution in [3.8, 4) is 11.5 Å². The number of hydrogen-bond donors (Lipinski definition) is 2. The Morgan fingerprint density at radius 1 is 1.17 bits per heavy atom. The summed E-state index contributed by atoms with van der Waals surface area (Å²) in [4.78, 5) is 21.1. The molecule has 0 spiro atoms. The first-order valence-corrected chi connectivity index (χ1v) is 9.47. The molecule has 0 bridgehead atoms. The quantitative estimate of drug-likeness (QED) is 0.607. The van der Waals surface area contributed by atoms with Gasteiger partial charge in [0.25, 0.3) is 5.56 Å². The highest BCUT2D eigenvalue weighted by Gasteiger charge is 2.34. The second kappa shape index (κ2) is 8.16. The molecule has 1 heterocycles. The molecule has 2 aromatic carbocycles. The molecule has 1 aliphatic carbocycles. The van der Waals surface area contributed by atoms with Crippen LogP contribution in [0.4, 0.5) is 8.78 Å². The molecule has 29 heavy (non-hydrogen) atoms. The Bertz CT molecular complexity index is 1070. The first-order chi connectivity index (χ1) is 14.0. The van der Waals surface area contributed by atoms with Crippen LogP contribution < -0.4 is 19.9 Å². The van der Waals surface area contributed by atoms with Crippen LogP contribution in [0.1, 0.15) is 24.2 Å². The van der Waals surface area contributed by atoms with E-state index in [4.69, 9.17) is 4.74 Å². The molecule has 6 nitrogen and oxygen atoms in total. The van der Waals surface area contributed by atoms with E-state index < -0.39 is 6.61 Å². The highest BCUT2D eigenvalue weighted by atomic mass is 19.3. The minimum Gasteiger partial charge on any atom is -0.493 e. The lowest BCUT2D eigenvalue weighted by molar-refractivity contribution is -0.939. The molecule has 1 unspecified atom stereocenters. The van der Waals surface area contributed by atoms with E-state index in [-0.39, 0.29) is 17.1 Å². The van der Waals surface area contributed by atoms with Crippen LogP contribution in [0.3, 0.4) is 0 Å². The van der Waals surface area contributed by atoms with Gasteiger partial charge in [0.05, 0.1) is 24.1 Å². The number of alkyl halides is 2. The normalized spacial score (nSPS) is 14.9. The standard InChI is InChI=1S/C21H21F2N3O3/c1-28-18-10-13(6-9-17(18)29-21(22)23)11-26(14-7-8-14)12-19-24-16-5-3-2-4-15(16)20(27)25-19/h2-6,9-10,14,21H,7-8,11-12H2,1H3,(H,24,25,27)/p+1. The predicted molar refractivity (Wildman–Crippen MR) is 103 cm³/mol. The lowest BCUT2D eigenvalue weighted by atomic mass is 10.2. The smallest absolute Gasteiger partial charge is 0.387 e. The largest absolute Gasteiger partial charge is 0.493 e. The summed E-state index contributed by atoms with van der Waals surface area (Å²) >= 11 is 0. The van der Waals surface area contributed by atoms with Crippen LogP contribution in [0.2, 0.25) is 0 Å². The molecule has 8 heteroatoms. The maximum atomic E-state index is 12.5. The Morgan fingerprint density at radius 2 is 1.97 bits per heavy atom. The molecule has 0 amide bonds. The topological polar surface area (TPSA) is 68.7 Å². The van der Waals surface area contributed by atoms with Crippen molar-refractivity contribution in [3.63, 3.8) is 0 Å². The number of H-pyrrole nitrogens is 1. The summed E-state index contributed by atoms with van der Waals surface area (Å²) < 4.78 is 34.7. The third kappa shape index (κ3) is 4.54. The first kappa shape index (κ1) is 19.3. The van der Waals surface area contributed by atoms with E-state index in [1.54, 1.807) is 18.2 Å². The summed E-state index contributed by atoms with van der Waals surface area (Å²) in [5.74, 6) is 0.926. The van der Waals surface area contributed by atoms with E-state index in [0.29, 0.717) is 35.9 Å². The molecular formula is C21H22F2N3O3+. The molecule has 3 aromatic rings. The minimum absolute atomic E-state index is 0.0137. The Kier molecular flexibility index (Phi) is 5.44. The second-order valence-electron chi connectivity index (χ2n) is 7.18. The van der Waals surface area contributed by atoms with Crippen LogP contribution in [-0.2, 0) is 13.1 Å². The predicted octanol–water partition coefficient (Wildman–Crippen LogP) is 2.28. The van der Waals surface area contributed by atoms with Gasteiger partial charge in [-0.15, -0.1) is 0 Å². The maximum Gasteiger partial charge on any atom is 0.387 e. The number of benzene rings is 2. The number of aromatic amines is 1. The number of nitrogens with one attached hydrogen (secondary N) is 2. The number of para-hydroxylation sites is 1. The maximum absolute atomic E-state index is 12.5. The Morgan fingerprint density at radius 3 is 2.69 bits per heavy atom. The third-order valence-corrected chi connectivity index (χ3v) is 5.09. The fraction of sp³-hybridized carbons (Fsp3) is 0.333. The second-order valence-corrected chi connectivity index (χ2v) is 7.18. The van der Waals surface area contributed by atoms with Crippen molar-refractivity contribution in [1.29, 1.82) is 0 Å². The van der Waals surface area contributed by atoms with E-state index in [9.17, 15) is 13.6 Å². The van der Waals surface area contributed by atoms with Crippen molar-refractivity contribution in [3.05, 3.63) is 64.2 Å². The molecule has 1 saturated carbocycles. The number of methoxy groups -OCH3 is 1. The van der Waals surface area contributed by atoms with Gasteiger partial charge in [0.1, 0.15) is 13.1 Å². The van der Waals surface area contributed by atoms with Crippen molar-refractivity contribution in [2.45, 2.75) is 38.6 Å². The summed E-state index contributed by atoms with van der Waals surface area (Å²) in [6.07, 6.45) is 2.22. The molecule has 1 fully saturated rings. The van der Waals surface area contributed by atoms with Gasteiger partial charge in [0, 0.05) is 18.4 Å². The molecular weight excluding hydrogens is 380 g/mol. The van der Waals surface area contributed by atoms with Gasteiger partial charge in [0.2, 0.25) is 0 Å². The summed E-state index contributed by atoms with van der Waals surface area (Å²) in [7, 11) is 1.42. The van der Waals surface area contributed by atoms with Crippen LogP contribution in [-0.4, -0.2) is 29.7 Å². The number of rotatable bonds is 8. The Labute approximate surface area is 166 Å². The summed E-state index contributed by atoms with van der Waals surface area (Å²) in [6.45, 7) is -1.67. The average molecular weight is 402 g/mol. The third-order valence-electron chi connectivity index (χ3n) is 5.09. The lowest BCUT2D eigenvalue weighted by Crippen LogP contribution is -3.10. The van der Waals surface area contributed by atoms with Crippen molar-refractivity contribution in [2.24, 2.45) is 0 Å². The number of aromatic nitrogens is 2. The van der Waals surface area contributed by atoms with Crippen molar-refractivity contribution in [2.75, 3.05) is 7.11 Å². The number of hydrogen-bond acceptors (Lipinski definition) is 4. The molecule has 0 saturated heterocycles. The van der Waals surface area contributed by atoms with E-state index in [0.717, 1.165) is 18.4 Å². The van der Waals surface area contributed by atoms with Gasteiger partial charge in [-0.1, -0.05) is 12.1 Å². The van der Waals surface area contributed by atoms with Gasteiger partial charge in [-0.25, -0.2) is 4.98 Å². The van der Waals surface area contributed by atoms with Gasteiger partial charge in [-0.05, 0) is 30.3 Å². The first-order valence-electron chi connectivity index (χ1n) is 9.47. The van der Waals surface area contributed by atoms with Crippen LogP contribution in [0.5, 0.6) is 11.5 Å². The fourth-order valence-electron chi connectivity index (χ4n) is 3.55. The lowest BCUT2D eigenvalue weighted by Gasteiger charge is -2.20. The zero-order valence-electron chi connectivity index (χ0n) is 16.0. The van der Waals surface area contributed by atoms with Crippen LogP contribution >= 0.6 is 0 Å². The summed E-state index contributed by atoms with van der Waals surface area (Å²) in [6, 6.07) is 12.7. The molecule has 4 rings (SSSR count). The molecule has 0 radical (unpaired) electrons. The van der Waals surface area contributed by atoms with E-state index in [1.165, 1.54) is 18.1 Å². The molecule has 1 aliphatic rings. The average Bonchev–Trinajstić information content (AvgIpc) is 3.53. The zero-order valence-corrected chi connectivity index (χ0v) is 16.0. The number of nitrogens with zero attached hydrogens (tertiary/aromatic N) is 1. The van der Waals surface area contributed by atoms with Crippen molar-refractivity contribution >= 4 is 10.9 Å². The molecule has 1 atom stereocenters. The van der Waals surface area contributed by atoms with Crippen LogP contribution in [0.15, 0.2) is 47.3 Å². The van der Waals surface area contributed by atoms with E-state index in [1.807, 2.05) is 18.2 Å². The summed E-state index contributed by atoms with van der Waals surface area (Å²) in [5, 5.41) is 0.573. The fourth-order valence-corrected chi connectivity index (χ4v) is 3.55. The van der Waals surface area contributed by atoms with Crippen LogP contribution in [0.25, 0.3) is 10.9 Å².